The quantitative estimate of drug-likeness (QED) is 0.0589. The molecule has 0 bridgehead atoms. The van der Waals surface area contributed by atoms with Gasteiger partial charge in [-0.25, -0.2) is 0 Å². The van der Waals surface area contributed by atoms with Gasteiger partial charge in [0.25, 0.3) is 0 Å². The summed E-state index contributed by atoms with van der Waals surface area (Å²) in [5, 5.41) is 90.4. The Balaban J connectivity index is 0.610. The first-order valence-corrected chi connectivity index (χ1v) is 49.4. The van der Waals surface area contributed by atoms with Crippen molar-refractivity contribution in [2.24, 2.45) is 0 Å². The van der Waals surface area contributed by atoms with Crippen LogP contribution in [0.3, 0.4) is 0 Å². The van der Waals surface area contributed by atoms with Crippen molar-refractivity contribution in [1.29, 1.82) is 0 Å². The second-order valence-corrected chi connectivity index (χ2v) is 46.4. The van der Waals surface area contributed by atoms with Gasteiger partial charge < -0.3 is 0 Å². The van der Waals surface area contributed by atoms with Gasteiger partial charge in [0, 0.05) is 82.4 Å². The van der Waals surface area contributed by atoms with Crippen LogP contribution in [0, 0.1) is 47.4 Å². The summed E-state index contributed by atoms with van der Waals surface area (Å²) < 4.78 is 0. The molecule has 39 rings (SSSR count). The van der Waals surface area contributed by atoms with Crippen LogP contribution >= 0.6 is 35.3 Å². The first kappa shape index (κ1) is 62.6. The molecule has 566 valence electrons. The Morgan fingerprint density at radius 1 is 0.228 bits per heavy atom. The lowest BCUT2D eigenvalue weighted by atomic mass is 9.49. The summed E-state index contributed by atoms with van der Waals surface area (Å²) in [5.74, 6) is 32.2. The number of carbonyl (C=O) groups is 3. The van der Waals surface area contributed by atoms with Crippen LogP contribution in [0.4, 0.5) is 0 Å². The van der Waals surface area contributed by atoms with Crippen LogP contribution < -0.4 is 20.7 Å². The smallest absolute Gasteiger partial charge is 0.186 e. The fraction of sp³-hybridized carbons (Fsp3) is 0.0750. The summed E-state index contributed by atoms with van der Waals surface area (Å²) in [6, 6.07) is 61.7. The van der Waals surface area contributed by atoms with Crippen molar-refractivity contribution in [3.63, 3.8) is 0 Å². The van der Waals surface area contributed by atoms with E-state index >= 15 is 0 Å². The molecule has 0 fully saturated rings. The molecule has 0 atom stereocenters. The van der Waals surface area contributed by atoms with Crippen LogP contribution in [0.15, 0.2) is 170 Å². The van der Waals surface area contributed by atoms with Crippen molar-refractivity contribution in [3.8, 4) is 47.4 Å². The maximum absolute atomic E-state index is 12.1. The molecule has 0 heterocycles. The summed E-state index contributed by atoms with van der Waals surface area (Å²) in [4.78, 5) is 36.3. The SMILES string of the molecule is CC(=O)SCc1cccc(C#Cc2ccc([Si](c3ccc(C#Cc4cccc(CSC(C)=O)c4)cc3)(c3ccc(C#Cc4cccc(CSC(C)=O)c4)cc3)c3ccc(C#CC45c6c7c8c9c%10c%11c(c%12c%13c4c4c6c6c%14c7c7c8c8c%10c%10c%15c%11c%11c%12c%12c%13c%13c4c4c6c6c%14c%14c7c7c8c%10c8c%10c%15c%11c%11c%12c%12c%13c4c4c6c6c%14c7c8c7c%10c%11c%12c4c67)C95C)cc3)cc2)c1. The third-order valence-corrected chi connectivity index (χ3v) is 42.0. The number of carbonyl (C=O) groups excluding carboxylic acids is 3. The molecule has 0 aliphatic heterocycles. The average Bonchev–Trinajstić information content (AvgIpc) is 1.38. The molecule has 0 unspecified atom stereocenters. The maximum Gasteiger partial charge on any atom is 0.186 e. The standard InChI is InChI=1S/C120H46O3S3Si/c1-44(121)124-41-54-11-5-8-51(38-54)17-14-47-20-28-57(29-21-47)127(58-30-22-48(23-31-58)15-18-52-9-6-12-55(39-52)42-125-45(2)122,59-32-24-49(25-33-59)16-19-53-10-7-13-56(40-53)43-126-46(3)123)60-34-26-50(27-35-60)36-37-120-117-111-105-95-83-75-67-63-61-62-65-69(67)77(83)87-81-73(65)74-66(62)70-68-64(61)72-71(63)79-85(75)93-99-89(79)90-80(72)86-76(68)84-78(70)88-82(74)92-91(81)103(97(87)105)113(117)114-104(92)98(88)106-96(84)102-94(86)100(90)108-107(99)115(109(111)101(93)95)119(120,4)116(108)110(102)112(106)118(114)120/h5-13,20-35,38-40H,41-43H2,1-4H3. The molecule has 0 aromatic heterocycles. The zero-order valence-electron chi connectivity index (χ0n) is 67.7. The molecule has 0 N–H and O–H groups in total. The van der Waals surface area contributed by atoms with E-state index in [1.807, 2.05) is 36.4 Å². The highest BCUT2D eigenvalue weighted by Crippen LogP contribution is 2.84. The van der Waals surface area contributed by atoms with Crippen molar-refractivity contribution >= 4 is 370 Å². The van der Waals surface area contributed by atoms with Gasteiger partial charge in [0.1, 0.15) is 0 Å². The second-order valence-electron chi connectivity index (χ2n) is 39.1. The van der Waals surface area contributed by atoms with E-state index in [1.54, 1.807) is 301 Å². The van der Waals surface area contributed by atoms with Crippen LogP contribution in [-0.2, 0) is 42.5 Å². The molecule has 0 saturated carbocycles. The van der Waals surface area contributed by atoms with Crippen LogP contribution in [0.5, 0.6) is 0 Å². The minimum atomic E-state index is -3.41. The third kappa shape index (κ3) is 5.60. The normalized spacial score (nSPS) is 16.8. The molecule has 0 saturated heterocycles. The van der Waals surface area contributed by atoms with Crippen LogP contribution in [0.2, 0.25) is 0 Å². The molecular formula is C120H46O3S3Si. The van der Waals surface area contributed by atoms with Crippen molar-refractivity contribution in [2.75, 3.05) is 0 Å². The number of rotatable bonds is 10. The van der Waals surface area contributed by atoms with E-state index in [1.165, 1.54) is 88.7 Å². The largest absolute Gasteiger partial charge is 0.288 e. The predicted octanol–water partition coefficient (Wildman–Crippen LogP) is 26.3. The Kier molecular flexibility index (Phi) is 9.17. The highest BCUT2D eigenvalue weighted by atomic mass is 32.2. The van der Waals surface area contributed by atoms with E-state index in [0.29, 0.717) is 17.3 Å². The zero-order valence-corrected chi connectivity index (χ0v) is 71.2. The fourth-order valence-electron chi connectivity index (χ4n) is 31.5. The highest BCUT2D eigenvalue weighted by molar-refractivity contribution is 8.13. The summed E-state index contributed by atoms with van der Waals surface area (Å²) in [5.41, 5.74) is 14.5. The average molecular weight is 1660 g/mol. The van der Waals surface area contributed by atoms with Gasteiger partial charge in [0.05, 0.1) is 5.41 Å². The predicted molar refractivity (Wildman–Crippen MR) is 540 cm³/mol. The molecule has 0 radical (unpaired) electrons. The van der Waals surface area contributed by atoms with Crippen molar-refractivity contribution in [2.45, 2.75) is 55.8 Å². The van der Waals surface area contributed by atoms with Crippen LogP contribution in [0.25, 0.3) is 291 Å². The topological polar surface area (TPSA) is 51.2 Å². The van der Waals surface area contributed by atoms with Gasteiger partial charge in [-0.05, 0) is 442 Å². The molecule has 0 amide bonds. The van der Waals surface area contributed by atoms with Gasteiger partial charge in [-0.1, -0.05) is 168 Å². The summed E-state index contributed by atoms with van der Waals surface area (Å²) in [7, 11) is -3.41. The third-order valence-electron chi connectivity index (χ3n) is 34.6. The minimum Gasteiger partial charge on any atom is -0.288 e. The highest BCUT2D eigenvalue weighted by Gasteiger charge is 2.68. The van der Waals surface area contributed by atoms with Crippen molar-refractivity contribution in [1.82, 2.24) is 0 Å². The zero-order chi connectivity index (χ0) is 81.5. The molecule has 4 aliphatic rings. The number of benzene rings is 25. The lowest BCUT2D eigenvalue weighted by Gasteiger charge is -2.49. The minimum absolute atomic E-state index is 0.0953. The van der Waals surface area contributed by atoms with Gasteiger partial charge in [0.2, 0.25) is 0 Å². The number of hydrogen-bond acceptors (Lipinski definition) is 6. The molecule has 0 spiro atoms. The van der Waals surface area contributed by atoms with Crippen molar-refractivity contribution < 1.29 is 14.4 Å². The first-order valence-electron chi connectivity index (χ1n) is 44.4. The molecule has 3 nitrogen and oxygen atoms in total. The van der Waals surface area contributed by atoms with E-state index in [4.69, 9.17) is 5.92 Å². The van der Waals surface area contributed by atoms with Crippen LogP contribution in [0.1, 0.15) is 106 Å². The molecule has 35 aromatic rings. The van der Waals surface area contributed by atoms with Gasteiger partial charge in [-0.3, -0.25) is 14.4 Å². The second kappa shape index (κ2) is 18.6. The molecule has 127 heavy (non-hydrogen) atoms. The Bertz CT molecular complexity index is 10800. The first-order chi connectivity index (χ1) is 62.4. The Hall–Kier alpha value is -14.5. The summed E-state index contributed by atoms with van der Waals surface area (Å²) in [6.45, 7) is 7.66. The van der Waals surface area contributed by atoms with Crippen molar-refractivity contribution in [3.05, 3.63) is 248 Å². The Morgan fingerprint density at radius 2 is 0.409 bits per heavy atom. The van der Waals surface area contributed by atoms with Gasteiger partial charge in [-0.2, -0.15) is 0 Å². The van der Waals surface area contributed by atoms with E-state index < -0.39 is 18.9 Å². The summed E-state index contributed by atoms with van der Waals surface area (Å²) >= 11 is 3.95. The van der Waals surface area contributed by atoms with Gasteiger partial charge in [0.15, 0.2) is 23.4 Å². The lowest BCUT2D eigenvalue weighted by molar-refractivity contribution is -0.109. The van der Waals surface area contributed by atoms with Gasteiger partial charge in [-0.15, -0.1) is 0 Å². The molecule has 4 aliphatic carbocycles. The monoisotopic (exact) mass is 1660 g/mol. The van der Waals surface area contributed by atoms with E-state index in [9.17, 15) is 14.4 Å². The molecule has 7 heteroatoms. The maximum atomic E-state index is 12.1. The van der Waals surface area contributed by atoms with Crippen LogP contribution in [-0.4, -0.2) is 23.4 Å². The number of thioether (sulfide) groups is 3. The lowest BCUT2D eigenvalue weighted by Crippen LogP contribution is -2.74. The Labute approximate surface area is 729 Å². The fourth-order valence-corrected chi connectivity index (χ4v) is 37.8. The van der Waals surface area contributed by atoms with E-state index in [-0.39, 0.29) is 15.3 Å². The molecule has 35 aromatic carbocycles. The number of hydrogen-bond donors (Lipinski definition) is 0. The summed E-state index contributed by atoms with van der Waals surface area (Å²) in [6.07, 6.45) is 0. The van der Waals surface area contributed by atoms with E-state index in [2.05, 4.69) is 182 Å². The molecular weight excluding hydrogens is 1610 g/mol. The Morgan fingerprint density at radius 3 is 0.614 bits per heavy atom. The van der Waals surface area contributed by atoms with Gasteiger partial charge >= 0.3 is 0 Å². The van der Waals surface area contributed by atoms with E-state index in [0.717, 1.165) is 55.6 Å².